The monoisotopic (exact) mass is 413 g/mol. The van der Waals surface area contributed by atoms with Gasteiger partial charge in [0.05, 0.1) is 18.7 Å². The topological polar surface area (TPSA) is 66.8 Å². The summed E-state index contributed by atoms with van der Waals surface area (Å²) in [5.74, 6) is -1.05. The van der Waals surface area contributed by atoms with Crippen molar-refractivity contribution in [3.05, 3.63) is 101 Å². The summed E-state index contributed by atoms with van der Waals surface area (Å²) < 4.78 is 5.26. The number of carbonyl (C=O) groups is 2. The number of hydrogen-bond acceptors (Lipinski definition) is 4. The molecule has 156 valence electrons. The summed E-state index contributed by atoms with van der Waals surface area (Å²) in [6.45, 7) is 3.82. The Hall–Kier alpha value is -3.86. The van der Waals surface area contributed by atoms with Crippen molar-refractivity contribution in [2.75, 3.05) is 12.0 Å². The molecule has 1 amide bonds. The summed E-state index contributed by atoms with van der Waals surface area (Å²) >= 11 is 0. The number of hydrogen-bond donors (Lipinski definition) is 1. The molecule has 0 saturated carbocycles. The number of aliphatic hydroxyl groups excluding tert-OH is 1. The van der Waals surface area contributed by atoms with Crippen molar-refractivity contribution in [2.45, 2.75) is 19.9 Å². The zero-order valence-corrected chi connectivity index (χ0v) is 17.6. The first kappa shape index (κ1) is 20.4. The van der Waals surface area contributed by atoms with E-state index in [9.17, 15) is 14.7 Å². The van der Waals surface area contributed by atoms with Gasteiger partial charge in [0.2, 0.25) is 0 Å². The van der Waals surface area contributed by atoms with Crippen LogP contribution in [0.2, 0.25) is 0 Å². The Morgan fingerprint density at radius 2 is 1.58 bits per heavy atom. The highest BCUT2D eigenvalue weighted by molar-refractivity contribution is 6.51. The number of nitrogens with zero attached hydrogens (tertiary/aromatic N) is 1. The molecule has 5 nitrogen and oxygen atoms in total. The van der Waals surface area contributed by atoms with Gasteiger partial charge in [-0.25, -0.2) is 0 Å². The Morgan fingerprint density at radius 1 is 0.903 bits per heavy atom. The summed E-state index contributed by atoms with van der Waals surface area (Å²) in [5.41, 5.74) is 3.70. The van der Waals surface area contributed by atoms with Crippen molar-refractivity contribution < 1.29 is 19.4 Å². The van der Waals surface area contributed by atoms with Crippen molar-refractivity contribution in [3.8, 4) is 5.75 Å². The Labute approximate surface area is 181 Å². The molecule has 1 aliphatic heterocycles. The van der Waals surface area contributed by atoms with Crippen LogP contribution in [0.3, 0.4) is 0 Å². The molecule has 1 saturated heterocycles. The van der Waals surface area contributed by atoms with E-state index in [2.05, 4.69) is 0 Å². The van der Waals surface area contributed by atoms with Crippen LogP contribution in [0.4, 0.5) is 5.69 Å². The number of benzene rings is 3. The molecule has 0 radical (unpaired) electrons. The maximum atomic E-state index is 13.2. The molecule has 0 aromatic heterocycles. The van der Waals surface area contributed by atoms with E-state index < -0.39 is 17.7 Å². The lowest BCUT2D eigenvalue weighted by Crippen LogP contribution is -2.30. The van der Waals surface area contributed by atoms with Crippen molar-refractivity contribution in [1.29, 1.82) is 0 Å². The summed E-state index contributed by atoms with van der Waals surface area (Å²) in [6, 6.07) is 21.1. The molecule has 1 unspecified atom stereocenters. The maximum Gasteiger partial charge on any atom is 0.300 e. The van der Waals surface area contributed by atoms with E-state index in [1.54, 1.807) is 24.3 Å². The number of aryl methyl sites for hydroxylation is 2. The first-order valence-electron chi connectivity index (χ1n) is 10.0. The second kappa shape index (κ2) is 8.11. The highest BCUT2D eigenvalue weighted by Gasteiger charge is 2.47. The van der Waals surface area contributed by atoms with Crippen LogP contribution in [0, 0.1) is 13.8 Å². The van der Waals surface area contributed by atoms with Gasteiger partial charge in [0.25, 0.3) is 11.7 Å². The van der Waals surface area contributed by atoms with Crippen molar-refractivity contribution >= 4 is 23.1 Å². The number of para-hydroxylation sites is 1. The zero-order chi connectivity index (χ0) is 22.1. The highest BCUT2D eigenvalue weighted by atomic mass is 16.5. The molecule has 0 bridgehead atoms. The van der Waals surface area contributed by atoms with E-state index in [0.29, 0.717) is 17.0 Å². The second-order valence-electron chi connectivity index (χ2n) is 7.54. The fourth-order valence-corrected chi connectivity index (χ4v) is 4.03. The van der Waals surface area contributed by atoms with Gasteiger partial charge >= 0.3 is 0 Å². The summed E-state index contributed by atoms with van der Waals surface area (Å²) in [6.07, 6.45) is 0. The molecule has 1 fully saturated rings. The van der Waals surface area contributed by atoms with E-state index in [1.165, 1.54) is 12.0 Å². The van der Waals surface area contributed by atoms with Crippen molar-refractivity contribution in [3.63, 3.8) is 0 Å². The maximum absolute atomic E-state index is 13.2. The highest BCUT2D eigenvalue weighted by Crippen LogP contribution is 2.44. The summed E-state index contributed by atoms with van der Waals surface area (Å²) in [4.78, 5) is 27.9. The van der Waals surface area contributed by atoms with Gasteiger partial charge in [-0.05, 0) is 48.7 Å². The van der Waals surface area contributed by atoms with Crippen LogP contribution >= 0.6 is 0 Å². The van der Waals surface area contributed by atoms with Crippen LogP contribution in [0.1, 0.15) is 28.3 Å². The number of amides is 1. The number of carbonyl (C=O) groups excluding carboxylic acids is 2. The standard InChI is InChI=1S/C26H23NO4/c1-16-9-4-6-13-20(16)23-22(24(28)18-11-8-12-19(15-18)31-3)25(29)26(30)27(23)21-14-7-5-10-17(21)2/h4-15,23,28H,1-3H3/b24-22+. The lowest BCUT2D eigenvalue weighted by molar-refractivity contribution is -0.132. The minimum Gasteiger partial charge on any atom is -0.507 e. The molecule has 3 aromatic carbocycles. The predicted molar refractivity (Wildman–Crippen MR) is 120 cm³/mol. The minimum absolute atomic E-state index is 0.0656. The third-order valence-electron chi connectivity index (χ3n) is 5.65. The Bertz CT molecular complexity index is 1210. The van der Waals surface area contributed by atoms with Crippen LogP contribution in [0.15, 0.2) is 78.4 Å². The fourth-order valence-electron chi connectivity index (χ4n) is 4.03. The Morgan fingerprint density at radius 3 is 2.26 bits per heavy atom. The van der Waals surface area contributed by atoms with Gasteiger partial charge in [-0.15, -0.1) is 0 Å². The smallest absolute Gasteiger partial charge is 0.300 e. The van der Waals surface area contributed by atoms with E-state index in [0.717, 1.165) is 16.7 Å². The molecule has 1 N–H and O–H groups in total. The largest absolute Gasteiger partial charge is 0.507 e. The lowest BCUT2D eigenvalue weighted by Gasteiger charge is -2.27. The fraction of sp³-hybridized carbons (Fsp3) is 0.154. The molecular formula is C26H23NO4. The van der Waals surface area contributed by atoms with Crippen LogP contribution in [-0.2, 0) is 9.59 Å². The summed E-state index contributed by atoms with van der Waals surface area (Å²) in [5, 5.41) is 11.2. The molecular weight excluding hydrogens is 390 g/mol. The van der Waals surface area contributed by atoms with Crippen LogP contribution in [0.25, 0.3) is 5.76 Å². The molecule has 3 aromatic rings. The van der Waals surface area contributed by atoms with Crippen LogP contribution in [0.5, 0.6) is 5.75 Å². The number of anilines is 1. The quantitative estimate of drug-likeness (QED) is 0.374. The van der Waals surface area contributed by atoms with Gasteiger partial charge in [-0.2, -0.15) is 0 Å². The molecule has 1 aliphatic rings. The van der Waals surface area contributed by atoms with Gasteiger partial charge < -0.3 is 9.84 Å². The Kier molecular flexibility index (Phi) is 5.34. The first-order chi connectivity index (χ1) is 14.9. The third-order valence-corrected chi connectivity index (χ3v) is 5.65. The van der Waals surface area contributed by atoms with E-state index >= 15 is 0 Å². The average Bonchev–Trinajstić information content (AvgIpc) is 3.04. The average molecular weight is 413 g/mol. The van der Waals surface area contributed by atoms with E-state index in [-0.39, 0.29) is 11.3 Å². The van der Waals surface area contributed by atoms with E-state index in [4.69, 9.17) is 4.74 Å². The SMILES string of the molecule is COc1cccc(/C(O)=C2\C(=O)C(=O)N(c3ccccc3C)C2c2ccccc2C)c1. The number of ether oxygens (including phenoxy) is 1. The lowest BCUT2D eigenvalue weighted by atomic mass is 9.92. The normalized spacial score (nSPS) is 17.8. The van der Waals surface area contributed by atoms with Crippen LogP contribution in [-0.4, -0.2) is 23.9 Å². The van der Waals surface area contributed by atoms with Gasteiger partial charge in [0.15, 0.2) is 0 Å². The molecule has 1 heterocycles. The zero-order valence-electron chi connectivity index (χ0n) is 17.6. The Balaban J connectivity index is 1.99. The third kappa shape index (κ3) is 3.48. The van der Waals surface area contributed by atoms with Gasteiger partial charge in [0, 0.05) is 11.3 Å². The number of rotatable bonds is 4. The minimum atomic E-state index is -0.742. The first-order valence-corrected chi connectivity index (χ1v) is 10.0. The number of Topliss-reactive ketones (excluding diaryl/α,β-unsaturated/α-hetero) is 1. The molecule has 4 rings (SSSR count). The molecule has 31 heavy (non-hydrogen) atoms. The molecule has 0 spiro atoms. The van der Waals surface area contributed by atoms with Gasteiger partial charge in [0.1, 0.15) is 11.5 Å². The van der Waals surface area contributed by atoms with Gasteiger partial charge in [-0.3, -0.25) is 14.5 Å². The van der Waals surface area contributed by atoms with E-state index in [1.807, 2.05) is 62.4 Å². The number of ketones is 1. The second-order valence-corrected chi connectivity index (χ2v) is 7.54. The van der Waals surface area contributed by atoms with Gasteiger partial charge in [-0.1, -0.05) is 54.6 Å². The number of aliphatic hydroxyl groups is 1. The summed E-state index contributed by atoms with van der Waals surface area (Å²) in [7, 11) is 1.53. The molecule has 0 aliphatic carbocycles. The predicted octanol–water partition coefficient (Wildman–Crippen LogP) is 4.94. The van der Waals surface area contributed by atoms with Crippen molar-refractivity contribution in [2.24, 2.45) is 0 Å². The number of methoxy groups -OCH3 is 1. The molecule has 1 atom stereocenters. The van der Waals surface area contributed by atoms with Crippen LogP contribution < -0.4 is 9.64 Å². The van der Waals surface area contributed by atoms with Crippen molar-refractivity contribution in [1.82, 2.24) is 0 Å². The molecule has 5 heteroatoms.